The predicted molar refractivity (Wildman–Crippen MR) is 82.8 cm³/mol. The van der Waals surface area contributed by atoms with E-state index in [4.69, 9.17) is 10.5 Å². The second-order valence-corrected chi connectivity index (χ2v) is 6.09. The van der Waals surface area contributed by atoms with E-state index in [9.17, 15) is 0 Å². The molecule has 0 aliphatic heterocycles. The lowest BCUT2D eigenvalue weighted by molar-refractivity contribution is 0.102. The van der Waals surface area contributed by atoms with Crippen molar-refractivity contribution in [2.24, 2.45) is 11.8 Å². The van der Waals surface area contributed by atoms with Gasteiger partial charge < -0.3 is 10.5 Å². The van der Waals surface area contributed by atoms with Crippen molar-refractivity contribution in [3.63, 3.8) is 0 Å². The Balaban J connectivity index is 1.84. The number of nitrogens with zero attached hydrogens (tertiary/aromatic N) is 1. The molecule has 1 aliphatic carbocycles. The number of anilines is 1. The first kappa shape index (κ1) is 13.2. The highest BCUT2D eigenvalue weighted by molar-refractivity contribution is 5.87. The van der Waals surface area contributed by atoms with Gasteiger partial charge in [0, 0.05) is 17.3 Å². The normalized spacial score (nSPS) is 26.6. The van der Waals surface area contributed by atoms with Gasteiger partial charge in [0.2, 0.25) is 0 Å². The first-order chi connectivity index (χ1) is 9.63. The molecule has 1 aromatic carbocycles. The van der Waals surface area contributed by atoms with Gasteiger partial charge in [-0.3, -0.25) is 4.98 Å². The first-order valence-electron chi connectivity index (χ1n) is 7.44. The molecule has 3 heteroatoms. The van der Waals surface area contributed by atoms with E-state index in [1.165, 1.54) is 6.42 Å². The van der Waals surface area contributed by atoms with Crippen molar-refractivity contribution < 1.29 is 4.74 Å². The zero-order valence-corrected chi connectivity index (χ0v) is 12.2. The third kappa shape index (κ3) is 2.58. The van der Waals surface area contributed by atoms with E-state index in [0.717, 1.165) is 47.0 Å². The molecule has 0 amide bonds. The molecule has 0 saturated heterocycles. The largest absolute Gasteiger partial charge is 0.490 e. The van der Waals surface area contributed by atoms with Crippen molar-refractivity contribution in [2.75, 3.05) is 5.73 Å². The van der Waals surface area contributed by atoms with Crippen LogP contribution >= 0.6 is 0 Å². The summed E-state index contributed by atoms with van der Waals surface area (Å²) in [6.07, 6.45) is 5.65. The Morgan fingerprint density at radius 2 is 2.00 bits per heavy atom. The number of benzene rings is 1. The SMILES string of the molecule is CC1CCC(Oc2ccnc3cc(N)ccc23)CC1C. The Bertz CT molecular complexity index is 611. The van der Waals surface area contributed by atoms with Crippen molar-refractivity contribution in [3.05, 3.63) is 30.5 Å². The van der Waals surface area contributed by atoms with Gasteiger partial charge in [-0.1, -0.05) is 13.8 Å². The zero-order valence-electron chi connectivity index (χ0n) is 12.2. The molecule has 106 valence electrons. The molecule has 0 bridgehead atoms. The molecule has 20 heavy (non-hydrogen) atoms. The standard InChI is InChI=1S/C17H22N2O/c1-11-3-5-14(9-12(11)2)20-17-7-8-19-16-10-13(18)4-6-15(16)17/h4,6-8,10-12,14H,3,5,9,18H2,1-2H3. The highest BCUT2D eigenvalue weighted by Gasteiger charge is 2.26. The summed E-state index contributed by atoms with van der Waals surface area (Å²) in [5.74, 6) is 2.48. The number of nitrogens with two attached hydrogens (primary N) is 1. The summed E-state index contributed by atoms with van der Waals surface area (Å²) >= 11 is 0. The molecule has 1 heterocycles. The van der Waals surface area contributed by atoms with Crippen molar-refractivity contribution in [2.45, 2.75) is 39.2 Å². The minimum atomic E-state index is 0.323. The van der Waals surface area contributed by atoms with Crippen LogP contribution in [0, 0.1) is 11.8 Å². The highest BCUT2D eigenvalue weighted by Crippen LogP contribution is 2.33. The van der Waals surface area contributed by atoms with Crippen LogP contribution in [-0.4, -0.2) is 11.1 Å². The molecular weight excluding hydrogens is 248 g/mol. The number of fused-ring (bicyclic) bond motifs is 1. The van der Waals surface area contributed by atoms with Gasteiger partial charge in [0.25, 0.3) is 0 Å². The molecule has 2 N–H and O–H groups in total. The summed E-state index contributed by atoms with van der Waals surface area (Å²) in [4.78, 5) is 4.36. The number of hydrogen-bond acceptors (Lipinski definition) is 3. The van der Waals surface area contributed by atoms with Crippen LogP contribution in [0.2, 0.25) is 0 Å². The Morgan fingerprint density at radius 1 is 1.15 bits per heavy atom. The molecule has 3 rings (SSSR count). The summed E-state index contributed by atoms with van der Waals surface area (Å²) in [6.45, 7) is 4.66. The number of aromatic nitrogens is 1. The van der Waals surface area contributed by atoms with Crippen LogP contribution < -0.4 is 10.5 Å². The van der Waals surface area contributed by atoms with Crippen LogP contribution in [0.4, 0.5) is 5.69 Å². The lowest BCUT2D eigenvalue weighted by Crippen LogP contribution is -2.28. The fourth-order valence-corrected chi connectivity index (χ4v) is 3.03. The van der Waals surface area contributed by atoms with Crippen molar-refractivity contribution in [3.8, 4) is 5.75 Å². The molecule has 3 atom stereocenters. The molecule has 2 aromatic rings. The van der Waals surface area contributed by atoms with Crippen LogP contribution in [0.25, 0.3) is 10.9 Å². The minimum Gasteiger partial charge on any atom is -0.490 e. The molecule has 1 fully saturated rings. The van der Waals surface area contributed by atoms with Crippen LogP contribution in [0.1, 0.15) is 33.1 Å². The van der Waals surface area contributed by atoms with Gasteiger partial charge >= 0.3 is 0 Å². The molecule has 3 nitrogen and oxygen atoms in total. The van der Waals surface area contributed by atoms with Crippen LogP contribution in [-0.2, 0) is 0 Å². The molecule has 1 aliphatic rings. The average Bonchev–Trinajstić information content (AvgIpc) is 2.43. The summed E-state index contributed by atoms with van der Waals surface area (Å²) in [5.41, 5.74) is 7.45. The number of pyridine rings is 1. The molecule has 0 radical (unpaired) electrons. The maximum atomic E-state index is 6.25. The maximum absolute atomic E-state index is 6.25. The summed E-state index contributed by atoms with van der Waals surface area (Å²) < 4.78 is 6.25. The van der Waals surface area contributed by atoms with Crippen molar-refractivity contribution in [1.29, 1.82) is 0 Å². The maximum Gasteiger partial charge on any atom is 0.130 e. The van der Waals surface area contributed by atoms with E-state index in [1.54, 1.807) is 6.20 Å². The molecule has 1 saturated carbocycles. The Kier molecular flexibility index (Phi) is 3.51. The van der Waals surface area contributed by atoms with E-state index < -0.39 is 0 Å². The molecule has 1 aromatic heterocycles. The smallest absolute Gasteiger partial charge is 0.130 e. The second kappa shape index (κ2) is 5.31. The number of nitrogen functional groups attached to an aromatic ring is 1. The van der Waals surface area contributed by atoms with E-state index in [0.29, 0.717) is 6.10 Å². The lowest BCUT2D eigenvalue weighted by Gasteiger charge is -2.32. The molecule has 0 spiro atoms. The summed E-state index contributed by atoms with van der Waals surface area (Å²) in [6, 6.07) is 7.76. The van der Waals surface area contributed by atoms with Crippen LogP contribution in [0.5, 0.6) is 5.75 Å². The van der Waals surface area contributed by atoms with Crippen molar-refractivity contribution in [1.82, 2.24) is 4.98 Å². The minimum absolute atomic E-state index is 0.323. The Labute approximate surface area is 120 Å². The fraction of sp³-hybridized carbons (Fsp3) is 0.471. The van der Waals surface area contributed by atoms with E-state index >= 15 is 0 Å². The van der Waals surface area contributed by atoms with Gasteiger partial charge in [0.15, 0.2) is 0 Å². The number of hydrogen-bond donors (Lipinski definition) is 1. The lowest BCUT2D eigenvalue weighted by atomic mass is 9.80. The van der Waals surface area contributed by atoms with Gasteiger partial charge in [-0.25, -0.2) is 0 Å². The average molecular weight is 270 g/mol. The highest BCUT2D eigenvalue weighted by atomic mass is 16.5. The van der Waals surface area contributed by atoms with E-state index in [1.807, 2.05) is 24.3 Å². The van der Waals surface area contributed by atoms with Crippen LogP contribution in [0.15, 0.2) is 30.5 Å². The number of rotatable bonds is 2. The summed E-state index contributed by atoms with van der Waals surface area (Å²) in [7, 11) is 0. The third-order valence-electron chi connectivity index (χ3n) is 4.57. The number of ether oxygens (including phenoxy) is 1. The third-order valence-corrected chi connectivity index (χ3v) is 4.57. The fourth-order valence-electron chi connectivity index (χ4n) is 3.03. The van der Waals surface area contributed by atoms with Gasteiger partial charge in [0.1, 0.15) is 5.75 Å². The second-order valence-electron chi connectivity index (χ2n) is 6.09. The van der Waals surface area contributed by atoms with Gasteiger partial charge in [-0.15, -0.1) is 0 Å². The van der Waals surface area contributed by atoms with E-state index in [-0.39, 0.29) is 0 Å². The molecular formula is C17H22N2O. The topological polar surface area (TPSA) is 48.1 Å². The van der Waals surface area contributed by atoms with Gasteiger partial charge in [-0.05, 0) is 55.4 Å². The Hall–Kier alpha value is -1.77. The quantitative estimate of drug-likeness (QED) is 0.838. The summed E-state index contributed by atoms with van der Waals surface area (Å²) in [5, 5.41) is 1.05. The van der Waals surface area contributed by atoms with E-state index in [2.05, 4.69) is 18.8 Å². The van der Waals surface area contributed by atoms with Gasteiger partial charge in [-0.2, -0.15) is 0 Å². The first-order valence-corrected chi connectivity index (χ1v) is 7.44. The zero-order chi connectivity index (χ0) is 14.1. The monoisotopic (exact) mass is 270 g/mol. The Morgan fingerprint density at radius 3 is 2.80 bits per heavy atom. The van der Waals surface area contributed by atoms with Crippen LogP contribution in [0.3, 0.4) is 0 Å². The van der Waals surface area contributed by atoms with Gasteiger partial charge in [0.05, 0.1) is 11.6 Å². The predicted octanol–water partition coefficient (Wildman–Crippen LogP) is 4.02. The van der Waals surface area contributed by atoms with Crippen molar-refractivity contribution >= 4 is 16.6 Å². The molecule has 3 unspecified atom stereocenters.